The first kappa shape index (κ1) is 19.7. The van der Waals surface area contributed by atoms with Crippen LogP contribution in [0.5, 0.6) is 17.4 Å². The Morgan fingerprint density at radius 1 is 1.07 bits per heavy atom. The van der Waals surface area contributed by atoms with E-state index in [1.165, 1.54) is 11.8 Å². The third-order valence-electron chi connectivity index (χ3n) is 3.90. The monoisotopic (exact) mass is 395 g/mol. The number of amides is 1. The zero-order chi connectivity index (χ0) is 19.8. The molecule has 1 atom stereocenters. The average Bonchev–Trinajstić information content (AvgIpc) is 2.74. The van der Waals surface area contributed by atoms with Gasteiger partial charge in [-0.05, 0) is 36.8 Å². The number of ether oxygens (including phenoxy) is 2. The lowest BCUT2D eigenvalue weighted by molar-refractivity contribution is -0.119. The van der Waals surface area contributed by atoms with Crippen molar-refractivity contribution in [1.29, 1.82) is 0 Å². The lowest BCUT2D eigenvalue weighted by atomic mass is 10.1. The SMILES string of the molecule is COc1cccc([C@@H](C)NC(=O)CSc2nccnc2Oc2ccccc2)c1. The smallest absolute Gasteiger partial charge is 0.252 e. The summed E-state index contributed by atoms with van der Waals surface area (Å²) in [5.41, 5.74) is 0.977. The maximum atomic E-state index is 12.4. The van der Waals surface area contributed by atoms with Gasteiger partial charge in [0.05, 0.1) is 18.9 Å². The van der Waals surface area contributed by atoms with Gasteiger partial charge in [-0.3, -0.25) is 4.79 Å². The fraction of sp³-hybridized carbons (Fsp3) is 0.190. The van der Waals surface area contributed by atoms with Crippen molar-refractivity contribution in [3.8, 4) is 17.4 Å². The summed E-state index contributed by atoms with van der Waals surface area (Å²) in [5.74, 6) is 1.91. The van der Waals surface area contributed by atoms with Crippen LogP contribution in [0.3, 0.4) is 0 Å². The Labute approximate surface area is 168 Å². The van der Waals surface area contributed by atoms with Gasteiger partial charge in [0, 0.05) is 12.4 Å². The third kappa shape index (κ3) is 5.47. The van der Waals surface area contributed by atoms with Gasteiger partial charge in [0.2, 0.25) is 5.91 Å². The molecule has 1 N–H and O–H groups in total. The Kier molecular flexibility index (Phi) is 6.86. The third-order valence-corrected chi connectivity index (χ3v) is 4.86. The molecule has 0 aliphatic rings. The van der Waals surface area contributed by atoms with Crippen LogP contribution >= 0.6 is 11.8 Å². The standard InChI is InChI=1S/C21H21N3O3S/c1-15(16-7-6-10-18(13-16)26-2)24-19(25)14-28-21-20(22-11-12-23-21)27-17-8-4-3-5-9-17/h3-13,15H,14H2,1-2H3,(H,24,25)/t15-/m1/s1. The Balaban J connectivity index is 1.58. The molecule has 0 saturated heterocycles. The maximum absolute atomic E-state index is 12.4. The minimum absolute atomic E-state index is 0.100. The highest BCUT2D eigenvalue weighted by molar-refractivity contribution is 8.00. The van der Waals surface area contributed by atoms with Crippen molar-refractivity contribution in [3.05, 3.63) is 72.6 Å². The second-order valence-corrected chi connectivity index (χ2v) is 6.90. The lowest BCUT2D eigenvalue weighted by Gasteiger charge is -2.15. The molecular formula is C21H21N3O3S. The van der Waals surface area contributed by atoms with Crippen molar-refractivity contribution in [2.75, 3.05) is 12.9 Å². The molecule has 3 aromatic rings. The maximum Gasteiger partial charge on any atom is 0.252 e. The van der Waals surface area contributed by atoms with Crippen molar-refractivity contribution in [2.45, 2.75) is 18.0 Å². The number of benzene rings is 2. The van der Waals surface area contributed by atoms with Gasteiger partial charge in [-0.2, -0.15) is 0 Å². The number of nitrogens with zero attached hydrogens (tertiary/aromatic N) is 2. The van der Waals surface area contributed by atoms with E-state index in [0.717, 1.165) is 11.3 Å². The van der Waals surface area contributed by atoms with Crippen molar-refractivity contribution < 1.29 is 14.3 Å². The highest BCUT2D eigenvalue weighted by Gasteiger charge is 2.14. The molecular weight excluding hydrogens is 374 g/mol. The van der Waals surface area contributed by atoms with E-state index in [9.17, 15) is 4.79 Å². The molecule has 0 radical (unpaired) electrons. The molecule has 28 heavy (non-hydrogen) atoms. The molecule has 144 valence electrons. The number of hydrogen-bond acceptors (Lipinski definition) is 6. The van der Waals surface area contributed by atoms with Gasteiger partial charge in [0.15, 0.2) is 5.03 Å². The van der Waals surface area contributed by atoms with Crippen molar-refractivity contribution >= 4 is 17.7 Å². The first-order valence-electron chi connectivity index (χ1n) is 8.75. The molecule has 0 spiro atoms. The van der Waals surface area contributed by atoms with E-state index in [2.05, 4.69) is 15.3 Å². The van der Waals surface area contributed by atoms with Crippen LogP contribution < -0.4 is 14.8 Å². The van der Waals surface area contributed by atoms with Gasteiger partial charge in [-0.25, -0.2) is 9.97 Å². The van der Waals surface area contributed by atoms with Gasteiger partial charge < -0.3 is 14.8 Å². The molecule has 0 aliphatic heterocycles. The highest BCUT2D eigenvalue weighted by atomic mass is 32.2. The average molecular weight is 395 g/mol. The largest absolute Gasteiger partial charge is 0.497 e. The van der Waals surface area contributed by atoms with Gasteiger partial charge in [-0.1, -0.05) is 42.1 Å². The quantitative estimate of drug-likeness (QED) is 0.575. The number of carbonyl (C=O) groups is 1. The summed E-state index contributed by atoms with van der Waals surface area (Å²) < 4.78 is 11.0. The topological polar surface area (TPSA) is 73.3 Å². The number of rotatable bonds is 8. The number of hydrogen-bond donors (Lipinski definition) is 1. The Morgan fingerprint density at radius 3 is 2.61 bits per heavy atom. The van der Waals surface area contributed by atoms with E-state index in [1.807, 2.05) is 61.5 Å². The first-order valence-corrected chi connectivity index (χ1v) is 9.74. The summed E-state index contributed by atoms with van der Waals surface area (Å²) in [6, 6.07) is 16.9. The van der Waals surface area contributed by atoms with Crippen LogP contribution in [0.4, 0.5) is 0 Å². The molecule has 1 amide bonds. The van der Waals surface area contributed by atoms with Crippen LogP contribution in [0.1, 0.15) is 18.5 Å². The van der Waals surface area contributed by atoms with E-state index in [4.69, 9.17) is 9.47 Å². The molecule has 6 nitrogen and oxygen atoms in total. The van der Waals surface area contributed by atoms with Gasteiger partial charge >= 0.3 is 0 Å². The number of aromatic nitrogens is 2. The molecule has 0 bridgehead atoms. The molecule has 7 heteroatoms. The predicted molar refractivity (Wildman–Crippen MR) is 109 cm³/mol. The van der Waals surface area contributed by atoms with Gasteiger partial charge in [0.25, 0.3) is 5.88 Å². The zero-order valence-electron chi connectivity index (χ0n) is 15.7. The fourth-order valence-corrected chi connectivity index (χ4v) is 3.20. The molecule has 0 aliphatic carbocycles. The number of methoxy groups -OCH3 is 1. The molecule has 0 unspecified atom stereocenters. The summed E-state index contributed by atoms with van der Waals surface area (Å²) in [5, 5.41) is 3.55. The van der Waals surface area contributed by atoms with Crippen LogP contribution in [0.25, 0.3) is 0 Å². The Hall–Kier alpha value is -3.06. The summed E-state index contributed by atoms with van der Waals surface area (Å²) in [6.45, 7) is 1.93. The van der Waals surface area contributed by atoms with E-state index in [-0.39, 0.29) is 17.7 Å². The minimum atomic E-state index is -0.134. The van der Waals surface area contributed by atoms with Crippen molar-refractivity contribution in [1.82, 2.24) is 15.3 Å². The van der Waals surface area contributed by atoms with E-state index < -0.39 is 0 Å². The number of nitrogens with one attached hydrogen (secondary N) is 1. The van der Waals surface area contributed by atoms with Crippen LogP contribution in [0.15, 0.2) is 72.0 Å². The van der Waals surface area contributed by atoms with E-state index >= 15 is 0 Å². The first-order chi connectivity index (χ1) is 13.7. The van der Waals surface area contributed by atoms with Crippen LogP contribution in [0, 0.1) is 0 Å². The van der Waals surface area contributed by atoms with E-state index in [1.54, 1.807) is 19.5 Å². The molecule has 1 heterocycles. The molecule has 1 aromatic heterocycles. The minimum Gasteiger partial charge on any atom is -0.497 e. The van der Waals surface area contributed by atoms with Gasteiger partial charge in [-0.15, -0.1) is 0 Å². The zero-order valence-corrected chi connectivity index (χ0v) is 16.5. The molecule has 2 aromatic carbocycles. The number of carbonyl (C=O) groups excluding carboxylic acids is 1. The lowest BCUT2D eigenvalue weighted by Crippen LogP contribution is -2.28. The van der Waals surface area contributed by atoms with Gasteiger partial charge in [0.1, 0.15) is 11.5 Å². The molecule has 3 rings (SSSR count). The highest BCUT2D eigenvalue weighted by Crippen LogP contribution is 2.28. The predicted octanol–water partition coefficient (Wildman–Crippen LogP) is 4.25. The summed E-state index contributed by atoms with van der Waals surface area (Å²) >= 11 is 1.28. The fourth-order valence-electron chi connectivity index (χ4n) is 2.49. The summed E-state index contributed by atoms with van der Waals surface area (Å²) in [7, 11) is 1.62. The summed E-state index contributed by atoms with van der Waals surface area (Å²) in [4.78, 5) is 20.9. The van der Waals surface area contributed by atoms with Crippen LogP contribution in [-0.4, -0.2) is 28.7 Å². The Bertz CT molecular complexity index is 922. The normalized spacial score (nSPS) is 11.5. The van der Waals surface area contributed by atoms with Crippen molar-refractivity contribution in [3.63, 3.8) is 0 Å². The van der Waals surface area contributed by atoms with Crippen LogP contribution in [-0.2, 0) is 4.79 Å². The van der Waals surface area contributed by atoms with Crippen LogP contribution in [0.2, 0.25) is 0 Å². The number of para-hydroxylation sites is 1. The second kappa shape index (κ2) is 9.75. The Morgan fingerprint density at radius 2 is 1.82 bits per heavy atom. The molecule has 0 saturated carbocycles. The second-order valence-electron chi connectivity index (χ2n) is 5.94. The van der Waals surface area contributed by atoms with E-state index in [0.29, 0.717) is 16.7 Å². The van der Waals surface area contributed by atoms with Crippen molar-refractivity contribution in [2.24, 2.45) is 0 Å². The number of thioether (sulfide) groups is 1. The molecule has 0 fully saturated rings. The summed E-state index contributed by atoms with van der Waals surface area (Å²) in [6.07, 6.45) is 3.14.